The van der Waals surface area contributed by atoms with Crippen LogP contribution in [0.5, 0.6) is 5.75 Å². The minimum absolute atomic E-state index is 0.144. The van der Waals surface area contributed by atoms with E-state index >= 15 is 0 Å². The molecule has 1 aromatic carbocycles. The van der Waals surface area contributed by atoms with Crippen LogP contribution in [0.2, 0.25) is 5.02 Å². The van der Waals surface area contributed by atoms with E-state index < -0.39 is 10.0 Å². The first-order valence-corrected chi connectivity index (χ1v) is 8.16. The zero-order valence-electron chi connectivity index (χ0n) is 11.6. The molecule has 112 valence electrons. The summed E-state index contributed by atoms with van der Waals surface area (Å²) < 4.78 is 32.4. The molecule has 2 rings (SSSR count). The number of ether oxygens (including phenoxy) is 1. The summed E-state index contributed by atoms with van der Waals surface area (Å²) in [6.07, 6.45) is 1.43. The number of aryl methyl sites for hydroxylation is 1. The van der Waals surface area contributed by atoms with E-state index in [0.717, 1.165) is 5.56 Å². The Morgan fingerprint density at radius 2 is 2.05 bits per heavy atom. The van der Waals surface area contributed by atoms with Crippen molar-refractivity contribution in [3.63, 3.8) is 0 Å². The zero-order valence-corrected chi connectivity index (χ0v) is 13.2. The summed E-state index contributed by atoms with van der Waals surface area (Å²) in [6.45, 7) is 4.19. The molecule has 2 aromatic rings. The second-order valence-corrected chi connectivity index (χ2v) is 6.44. The summed E-state index contributed by atoms with van der Waals surface area (Å²) in [5.41, 5.74) is 0.749. The fourth-order valence-corrected chi connectivity index (χ4v) is 3.01. The van der Waals surface area contributed by atoms with E-state index in [-0.39, 0.29) is 10.7 Å². The second kappa shape index (κ2) is 6.32. The molecule has 0 aliphatic rings. The molecule has 5 nitrogen and oxygen atoms in total. The summed E-state index contributed by atoms with van der Waals surface area (Å²) in [5.74, 6) is 0.839. The number of hydrogen-bond donors (Lipinski definition) is 1. The quantitative estimate of drug-likeness (QED) is 0.915. The number of halogens is 1. The lowest BCUT2D eigenvalue weighted by atomic mass is 10.2. The number of aromatic nitrogens is 1. The molecule has 7 heteroatoms. The van der Waals surface area contributed by atoms with Gasteiger partial charge in [0.25, 0.3) is 10.0 Å². The van der Waals surface area contributed by atoms with Crippen molar-refractivity contribution < 1.29 is 13.2 Å². The van der Waals surface area contributed by atoms with E-state index in [2.05, 4.69) is 9.71 Å². The molecule has 1 aromatic heterocycles. The molecule has 0 bridgehead atoms. The molecule has 0 aliphatic carbocycles. The van der Waals surface area contributed by atoms with Crippen LogP contribution in [0.4, 0.5) is 5.82 Å². The van der Waals surface area contributed by atoms with Crippen molar-refractivity contribution in [3.05, 3.63) is 47.1 Å². The average molecular weight is 327 g/mol. The van der Waals surface area contributed by atoms with Gasteiger partial charge in [0.2, 0.25) is 0 Å². The van der Waals surface area contributed by atoms with Crippen molar-refractivity contribution >= 4 is 27.4 Å². The van der Waals surface area contributed by atoms with E-state index in [9.17, 15) is 8.42 Å². The number of rotatable bonds is 5. The van der Waals surface area contributed by atoms with E-state index in [1.54, 1.807) is 25.1 Å². The first-order chi connectivity index (χ1) is 9.92. The highest BCUT2D eigenvalue weighted by molar-refractivity contribution is 7.92. The Labute approximate surface area is 129 Å². The topological polar surface area (TPSA) is 68.3 Å². The lowest BCUT2D eigenvalue weighted by molar-refractivity contribution is 0.337. The molecule has 21 heavy (non-hydrogen) atoms. The van der Waals surface area contributed by atoms with Gasteiger partial charge in [0, 0.05) is 17.3 Å². The Kier molecular flexibility index (Phi) is 4.69. The van der Waals surface area contributed by atoms with Crippen LogP contribution in [0.1, 0.15) is 12.5 Å². The van der Waals surface area contributed by atoms with Gasteiger partial charge in [0.15, 0.2) is 0 Å². The molecule has 0 aliphatic heterocycles. The molecule has 1 heterocycles. The third-order valence-corrected chi connectivity index (χ3v) is 4.30. The minimum atomic E-state index is -3.71. The van der Waals surface area contributed by atoms with Crippen LogP contribution in [0.25, 0.3) is 0 Å². The first-order valence-electron chi connectivity index (χ1n) is 6.30. The number of sulfonamides is 1. The van der Waals surface area contributed by atoms with E-state index in [1.165, 1.54) is 18.3 Å². The molecule has 0 radical (unpaired) electrons. The molecule has 0 fully saturated rings. The first kappa shape index (κ1) is 15.6. The van der Waals surface area contributed by atoms with Crippen molar-refractivity contribution in [3.8, 4) is 5.75 Å². The molecule has 0 unspecified atom stereocenters. The van der Waals surface area contributed by atoms with Crippen LogP contribution in [0.3, 0.4) is 0 Å². The summed E-state index contributed by atoms with van der Waals surface area (Å²) in [7, 11) is -3.71. The number of hydrogen-bond acceptors (Lipinski definition) is 4. The Hall–Kier alpha value is -1.79. The summed E-state index contributed by atoms with van der Waals surface area (Å²) in [5, 5.41) is 0.408. The van der Waals surface area contributed by atoms with Gasteiger partial charge >= 0.3 is 0 Å². The minimum Gasteiger partial charge on any atom is -0.494 e. The predicted molar refractivity (Wildman–Crippen MR) is 82.4 cm³/mol. The molecule has 0 spiro atoms. The molecule has 0 atom stereocenters. The Balaban J connectivity index is 2.29. The van der Waals surface area contributed by atoms with Crippen LogP contribution < -0.4 is 9.46 Å². The number of pyridine rings is 1. The van der Waals surface area contributed by atoms with Crippen molar-refractivity contribution in [1.29, 1.82) is 0 Å². The van der Waals surface area contributed by atoms with Crippen molar-refractivity contribution in [2.24, 2.45) is 0 Å². The lowest BCUT2D eigenvalue weighted by Crippen LogP contribution is -2.14. The summed E-state index contributed by atoms with van der Waals surface area (Å²) >= 11 is 5.81. The number of benzene rings is 1. The van der Waals surface area contributed by atoms with E-state index in [1.807, 2.05) is 6.92 Å². The van der Waals surface area contributed by atoms with Crippen LogP contribution in [-0.2, 0) is 10.0 Å². The zero-order chi connectivity index (χ0) is 15.5. The summed E-state index contributed by atoms with van der Waals surface area (Å²) in [4.78, 5) is 4.06. The van der Waals surface area contributed by atoms with Crippen LogP contribution in [0, 0.1) is 6.92 Å². The van der Waals surface area contributed by atoms with Crippen LogP contribution >= 0.6 is 11.6 Å². The van der Waals surface area contributed by atoms with Crippen LogP contribution in [-0.4, -0.2) is 20.0 Å². The van der Waals surface area contributed by atoms with Gasteiger partial charge in [-0.1, -0.05) is 11.6 Å². The fourth-order valence-electron chi connectivity index (χ4n) is 1.76. The number of anilines is 1. The monoisotopic (exact) mass is 326 g/mol. The number of nitrogens with zero attached hydrogens (tertiary/aromatic N) is 1. The molecule has 1 N–H and O–H groups in total. The standard InChI is InChI=1S/C14H15ClN2O3S/c1-3-20-13-5-4-12(8-10(13)2)21(18,19)17-14-9-11(15)6-7-16-14/h4-9H,3H2,1-2H3,(H,16,17). The van der Waals surface area contributed by atoms with Gasteiger partial charge in [-0.2, -0.15) is 0 Å². The highest BCUT2D eigenvalue weighted by atomic mass is 35.5. The van der Waals surface area contributed by atoms with Gasteiger partial charge in [-0.3, -0.25) is 4.72 Å². The van der Waals surface area contributed by atoms with Gasteiger partial charge in [-0.05, 0) is 43.7 Å². The maximum absolute atomic E-state index is 12.3. The normalized spacial score (nSPS) is 11.2. The Bertz CT molecular complexity index is 748. The summed E-state index contributed by atoms with van der Waals surface area (Å²) in [6, 6.07) is 7.70. The molecule has 0 saturated carbocycles. The van der Waals surface area contributed by atoms with Gasteiger partial charge in [-0.25, -0.2) is 13.4 Å². The van der Waals surface area contributed by atoms with Crippen molar-refractivity contribution in [1.82, 2.24) is 4.98 Å². The molecule has 0 saturated heterocycles. The third-order valence-electron chi connectivity index (χ3n) is 2.72. The highest BCUT2D eigenvalue weighted by Gasteiger charge is 2.16. The van der Waals surface area contributed by atoms with Gasteiger partial charge < -0.3 is 4.74 Å². The third kappa shape index (κ3) is 3.86. The Morgan fingerprint density at radius 1 is 1.29 bits per heavy atom. The lowest BCUT2D eigenvalue weighted by Gasteiger charge is -2.11. The van der Waals surface area contributed by atoms with E-state index in [4.69, 9.17) is 16.3 Å². The maximum Gasteiger partial charge on any atom is 0.263 e. The average Bonchev–Trinajstić information content (AvgIpc) is 2.40. The van der Waals surface area contributed by atoms with Crippen molar-refractivity contribution in [2.45, 2.75) is 18.7 Å². The predicted octanol–water partition coefficient (Wildman–Crippen LogP) is 3.24. The highest BCUT2D eigenvalue weighted by Crippen LogP contribution is 2.23. The second-order valence-electron chi connectivity index (χ2n) is 4.33. The smallest absolute Gasteiger partial charge is 0.263 e. The Morgan fingerprint density at radius 3 is 2.67 bits per heavy atom. The van der Waals surface area contributed by atoms with Crippen LogP contribution in [0.15, 0.2) is 41.4 Å². The van der Waals surface area contributed by atoms with E-state index in [0.29, 0.717) is 17.4 Å². The SMILES string of the molecule is CCOc1ccc(S(=O)(=O)Nc2cc(Cl)ccn2)cc1C. The van der Waals surface area contributed by atoms with Gasteiger partial charge in [0.05, 0.1) is 11.5 Å². The molecular weight excluding hydrogens is 312 g/mol. The molecular formula is C14H15ClN2O3S. The van der Waals surface area contributed by atoms with Crippen molar-refractivity contribution in [2.75, 3.05) is 11.3 Å². The van der Waals surface area contributed by atoms with Gasteiger partial charge in [0.1, 0.15) is 11.6 Å². The van der Waals surface area contributed by atoms with Gasteiger partial charge in [-0.15, -0.1) is 0 Å². The number of nitrogens with one attached hydrogen (secondary N) is 1. The molecule has 0 amide bonds. The largest absolute Gasteiger partial charge is 0.494 e. The maximum atomic E-state index is 12.3. The fraction of sp³-hybridized carbons (Fsp3) is 0.214.